The zero-order valence-corrected chi connectivity index (χ0v) is 9.82. The van der Waals surface area contributed by atoms with E-state index in [4.69, 9.17) is 9.47 Å². The third-order valence-corrected chi connectivity index (χ3v) is 2.61. The number of ketones is 1. The monoisotopic (exact) mass is 229 g/mol. The fourth-order valence-corrected chi connectivity index (χ4v) is 1.54. The molecule has 0 spiro atoms. The van der Waals surface area contributed by atoms with E-state index >= 15 is 0 Å². The summed E-state index contributed by atoms with van der Waals surface area (Å²) in [5.41, 5.74) is 0. The van der Waals surface area contributed by atoms with Crippen molar-refractivity contribution in [3.63, 3.8) is 0 Å². The van der Waals surface area contributed by atoms with E-state index in [0.717, 1.165) is 12.8 Å². The predicted molar refractivity (Wildman–Crippen MR) is 58.2 cm³/mol. The molecule has 92 valence electrons. The average molecular weight is 229 g/mol. The van der Waals surface area contributed by atoms with E-state index in [1.165, 1.54) is 0 Å². The van der Waals surface area contributed by atoms with Gasteiger partial charge in [-0.25, -0.2) is 4.79 Å². The van der Waals surface area contributed by atoms with Gasteiger partial charge in [-0.2, -0.15) is 0 Å². The molecule has 1 heterocycles. The summed E-state index contributed by atoms with van der Waals surface area (Å²) in [4.78, 5) is 22.7. The van der Waals surface area contributed by atoms with Crippen LogP contribution in [-0.4, -0.2) is 37.2 Å². The molecule has 0 radical (unpaired) electrons. The minimum atomic E-state index is -0.513. The van der Waals surface area contributed by atoms with Crippen LogP contribution in [0.1, 0.15) is 33.1 Å². The van der Waals surface area contributed by atoms with Crippen molar-refractivity contribution in [3.05, 3.63) is 0 Å². The molecule has 0 aromatic heterocycles. The Morgan fingerprint density at radius 3 is 2.62 bits per heavy atom. The van der Waals surface area contributed by atoms with Crippen LogP contribution in [0.4, 0.5) is 4.79 Å². The molecule has 16 heavy (non-hydrogen) atoms. The van der Waals surface area contributed by atoms with Crippen LogP contribution in [0.25, 0.3) is 0 Å². The third-order valence-electron chi connectivity index (χ3n) is 2.61. The third kappa shape index (κ3) is 4.18. The highest BCUT2D eigenvalue weighted by Crippen LogP contribution is 2.10. The van der Waals surface area contributed by atoms with Crippen LogP contribution in [0, 0.1) is 0 Å². The highest BCUT2D eigenvalue weighted by molar-refractivity contribution is 5.86. The lowest BCUT2D eigenvalue weighted by atomic mass is 10.1. The quantitative estimate of drug-likeness (QED) is 0.788. The van der Waals surface area contributed by atoms with Crippen LogP contribution in [0.2, 0.25) is 0 Å². The largest absolute Gasteiger partial charge is 0.446 e. The summed E-state index contributed by atoms with van der Waals surface area (Å²) >= 11 is 0. The Bertz CT molecular complexity index is 248. The molecule has 0 saturated carbocycles. The van der Waals surface area contributed by atoms with E-state index < -0.39 is 12.1 Å². The van der Waals surface area contributed by atoms with Crippen molar-refractivity contribution in [1.82, 2.24) is 5.32 Å². The van der Waals surface area contributed by atoms with Crippen molar-refractivity contribution in [2.45, 2.75) is 45.3 Å². The molecular formula is C11H19NO4. The molecule has 0 aromatic rings. The second-order valence-electron chi connectivity index (χ2n) is 3.90. The van der Waals surface area contributed by atoms with Crippen molar-refractivity contribution in [3.8, 4) is 0 Å². The summed E-state index contributed by atoms with van der Waals surface area (Å²) in [6.45, 7) is 4.68. The highest BCUT2D eigenvalue weighted by atomic mass is 16.6. The first-order chi connectivity index (χ1) is 7.63. The van der Waals surface area contributed by atoms with Gasteiger partial charge in [0.2, 0.25) is 0 Å². The van der Waals surface area contributed by atoms with Gasteiger partial charge < -0.3 is 14.8 Å². The Morgan fingerprint density at radius 2 is 2.06 bits per heavy atom. The lowest BCUT2D eigenvalue weighted by Crippen LogP contribution is -2.40. The number of Topliss-reactive ketones (excluding diaryl/α,β-unsaturated/α-hetero) is 1. The smallest absolute Gasteiger partial charge is 0.407 e. The molecule has 0 bridgehead atoms. The fourth-order valence-electron chi connectivity index (χ4n) is 1.54. The number of alkyl carbamates (subject to hydrolysis) is 1. The Morgan fingerprint density at radius 1 is 1.44 bits per heavy atom. The van der Waals surface area contributed by atoms with Gasteiger partial charge in [-0.15, -0.1) is 0 Å². The summed E-state index contributed by atoms with van der Waals surface area (Å²) in [7, 11) is 0. The van der Waals surface area contributed by atoms with E-state index in [2.05, 4.69) is 5.32 Å². The van der Waals surface area contributed by atoms with E-state index in [1.54, 1.807) is 13.8 Å². The number of amides is 1. The number of ether oxygens (including phenoxy) is 2. The second-order valence-corrected chi connectivity index (χ2v) is 3.90. The highest BCUT2D eigenvalue weighted by Gasteiger charge is 2.20. The summed E-state index contributed by atoms with van der Waals surface area (Å²) < 4.78 is 10.3. The molecule has 5 heteroatoms. The number of nitrogens with one attached hydrogen (secondary N) is 1. The van der Waals surface area contributed by atoms with Gasteiger partial charge in [0.1, 0.15) is 6.10 Å². The number of carbonyl (C=O) groups excluding carboxylic acids is 2. The lowest BCUT2D eigenvalue weighted by molar-refractivity contribution is -0.120. The van der Waals surface area contributed by atoms with Crippen LogP contribution >= 0.6 is 0 Å². The number of hydrogen-bond donors (Lipinski definition) is 1. The van der Waals surface area contributed by atoms with Gasteiger partial charge >= 0.3 is 6.09 Å². The fraction of sp³-hybridized carbons (Fsp3) is 0.818. The Kier molecular flexibility index (Phi) is 5.25. The molecule has 1 saturated heterocycles. The van der Waals surface area contributed by atoms with Crippen molar-refractivity contribution in [1.29, 1.82) is 0 Å². The number of hydrogen-bond acceptors (Lipinski definition) is 4. The normalized spacial score (nSPS) is 18.9. The Balaban J connectivity index is 2.26. The Labute approximate surface area is 95.5 Å². The van der Waals surface area contributed by atoms with E-state index in [-0.39, 0.29) is 11.9 Å². The first-order valence-electron chi connectivity index (χ1n) is 5.71. The van der Waals surface area contributed by atoms with Crippen molar-refractivity contribution < 1.29 is 19.1 Å². The van der Waals surface area contributed by atoms with Gasteiger partial charge in [0.25, 0.3) is 0 Å². The number of carbonyl (C=O) groups is 2. The molecular weight excluding hydrogens is 210 g/mol. The predicted octanol–water partition coefficient (Wildman–Crippen LogP) is 1.26. The van der Waals surface area contributed by atoms with Crippen LogP contribution < -0.4 is 5.32 Å². The molecule has 1 aliphatic heterocycles. The van der Waals surface area contributed by atoms with E-state index in [0.29, 0.717) is 19.6 Å². The Hall–Kier alpha value is -1.10. The van der Waals surface area contributed by atoms with Crippen LogP contribution in [0.5, 0.6) is 0 Å². The summed E-state index contributed by atoms with van der Waals surface area (Å²) in [5.74, 6) is 0.00364. The zero-order valence-electron chi connectivity index (χ0n) is 9.82. The van der Waals surface area contributed by atoms with Gasteiger partial charge in [-0.05, 0) is 6.92 Å². The van der Waals surface area contributed by atoms with E-state index in [1.807, 2.05) is 0 Å². The van der Waals surface area contributed by atoms with Gasteiger partial charge in [-0.1, -0.05) is 6.92 Å². The van der Waals surface area contributed by atoms with E-state index in [9.17, 15) is 9.59 Å². The van der Waals surface area contributed by atoms with Gasteiger partial charge in [0.15, 0.2) is 5.78 Å². The molecule has 1 rings (SSSR count). The maximum atomic E-state index is 11.4. The molecule has 0 aliphatic carbocycles. The topological polar surface area (TPSA) is 64.6 Å². The second kappa shape index (κ2) is 6.48. The van der Waals surface area contributed by atoms with Crippen molar-refractivity contribution in [2.24, 2.45) is 0 Å². The van der Waals surface area contributed by atoms with Gasteiger partial charge in [0, 0.05) is 19.3 Å². The first-order valence-corrected chi connectivity index (χ1v) is 5.71. The van der Waals surface area contributed by atoms with Gasteiger partial charge in [0.05, 0.1) is 19.3 Å². The maximum absolute atomic E-state index is 11.4. The standard InChI is InChI=1S/C11H19NO4/c1-3-10(13)8(2)12-11(14)16-9-4-6-15-7-5-9/h8-9H,3-7H2,1-2H3,(H,12,14)/t8-/m0/s1. The molecule has 1 N–H and O–H groups in total. The summed E-state index contributed by atoms with van der Waals surface area (Å²) in [6, 6.07) is -0.475. The SMILES string of the molecule is CCC(=O)[C@H](C)NC(=O)OC1CCOCC1. The van der Waals surface area contributed by atoms with Crippen LogP contribution in [0.15, 0.2) is 0 Å². The molecule has 1 fully saturated rings. The van der Waals surface area contributed by atoms with Crippen molar-refractivity contribution >= 4 is 11.9 Å². The minimum Gasteiger partial charge on any atom is -0.446 e. The van der Waals surface area contributed by atoms with Gasteiger partial charge in [-0.3, -0.25) is 4.79 Å². The van der Waals surface area contributed by atoms with Crippen molar-refractivity contribution in [2.75, 3.05) is 13.2 Å². The number of rotatable bonds is 4. The molecule has 1 aliphatic rings. The molecule has 0 aromatic carbocycles. The van der Waals surface area contributed by atoms with Crippen LogP contribution in [0.3, 0.4) is 0 Å². The molecule has 0 unspecified atom stereocenters. The minimum absolute atomic E-state index is 0.00364. The maximum Gasteiger partial charge on any atom is 0.407 e. The first kappa shape index (κ1) is 13.0. The lowest BCUT2D eigenvalue weighted by Gasteiger charge is -2.23. The molecule has 5 nitrogen and oxygen atoms in total. The molecule has 1 amide bonds. The average Bonchev–Trinajstić information content (AvgIpc) is 2.29. The zero-order chi connectivity index (χ0) is 12.0. The summed E-state index contributed by atoms with van der Waals surface area (Å²) in [5, 5.41) is 2.53. The summed E-state index contributed by atoms with van der Waals surface area (Å²) in [6.07, 6.45) is 1.27. The van der Waals surface area contributed by atoms with Crippen LogP contribution in [-0.2, 0) is 14.3 Å². The molecule has 1 atom stereocenters.